The number of alkyl halides is 3. The van der Waals surface area contributed by atoms with Crippen molar-refractivity contribution in [1.29, 1.82) is 0 Å². The van der Waals surface area contributed by atoms with Gasteiger partial charge in [0.25, 0.3) is 0 Å². The van der Waals surface area contributed by atoms with Crippen molar-refractivity contribution in [2.24, 2.45) is 5.41 Å². The summed E-state index contributed by atoms with van der Waals surface area (Å²) in [7, 11) is 1.56. The van der Waals surface area contributed by atoms with Gasteiger partial charge in [-0.3, -0.25) is 4.79 Å². The molecule has 0 bridgehead atoms. The molecule has 10 heteroatoms. The lowest BCUT2D eigenvalue weighted by Gasteiger charge is -2.35. The molecule has 1 amide bonds. The predicted molar refractivity (Wildman–Crippen MR) is 84.9 cm³/mol. The fourth-order valence-corrected chi connectivity index (χ4v) is 2.76. The summed E-state index contributed by atoms with van der Waals surface area (Å²) >= 11 is 0. The van der Waals surface area contributed by atoms with E-state index in [2.05, 4.69) is 25.9 Å². The third-order valence-corrected chi connectivity index (χ3v) is 4.10. The zero-order chi connectivity index (χ0) is 18.3. The Morgan fingerprint density at radius 1 is 1.36 bits per heavy atom. The van der Waals surface area contributed by atoms with Crippen molar-refractivity contribution < 1.29 is 22.7 Å². The molecule has 1 aromatic rings. The third kappa shape index (κ3) is 5.27. The topological polar surface area (TPSA) is 88.2 Å². The Kier molecular flexibility index (Phi) is 6.54. The lowest BCUT2D eigenvalue weighted by Crippen LogP contribution is -2.50. The molecule has 1 aliphatic heterocycles. The standard InChI is InChI=1S/C15H22F3N5O2/c1-25-10-14(3-6-19-7-4-14)12(24)20-8-9-22-13-21-5-2-11(23-13)15(16,17)18/h2,5,19H,3-4,6-10H2,1H3,(H,20,24)(H,21,22,23). The number of anilines is 1. The van der Waals surface area contributed by atoms with Crippen LogP contribution in [0.2, 0.25) is 0 Å². The number of nitrogens with one attached hydrogen (secondary N) is 3. The van der Waals surface area contributed by atoms with Gasteiger partial charge in [0.2, 0.25) is 11.9 Å². The second-order valence-corrected chi connectivity index (χ2v) is 5.91. The molecule has 7 nitrogen and oxygen atoms in total. The summed E-state index contributed by atoms with van der Waals surface area (Å²) in [5, 5.41) is 8.69. The number of piperidine rings is 1. The van der Waals surface area contributed by atoms with Gasteiger partial charge in [-0.15, -0.1) is 0 Å². The van der Waals surface area contributed by atoms with Gasteiger partial charge in [0.1, 0.15) is 5.69 Å². The van der Waals surface area contributed by atoms with Gasteiger partial charge >= 0.3 is 6.18 Å². The Labute approximate surface area is 143 Å². The fraction of sp³-hybridized carbons (Fsp3) is 0.667. The van der Waals surface area contributed by atoms with Crippen LogP contribution >= 0.6 is 0 Å². The van der Waals surface area contributed by atoms with E-state index in [0.717, 1.165) is 25.4 Å². The van der Waals surface area contributed by atoms with Crippen molar-refractivity contribution in [2.75, 3.05) is 45.2 Å². The molecule has 0 unspecified atom stereocenters. The van der Waals surface area contributed by atoms with E-state index in [4.69, 9.17) is 4.74 Å². The molecule has 25 heavy (non-hydrogen) atoms. The second-order valence-electron chi connectivity index (χ2n) is 5.91. The van der Waals surface area contributed by atoms with Crippen LogP contribution in [0, 0.1) is 5.41 Å². The number of amides is 1. The van der Waals surface area contributed by atoms with Gasteiger partial charge in [-0.25, -0.2) is 9.97 Å². The Morgan fingerprint density at radius 2 is 2.08 bits per heavy atom. The van der Waals surface area contributed by atoms with E-state index >= 15 is 0 Å². The molecule has 1 fully saturated rings. The summed E-state index contributed by atoms with van der Waals surface area (Å²) in [4.78, 5) is 19.6. The fourth-order valence-electron chi connectivity index (χ4n) is 2.76. The largest absolute Gasteiger partial charge is 0.433 e. The van der Waals surface area contributed by atoms with E-state index in [1.165, 1.54) is 0 Å². The van der Waals surface area contributed by atoms with Gasteiger partial charge in [-0.2, -0.15) is 13.2 Å². The van der Waals surface area contributed by atoms with Crippen LogP contribution in [0.1, 0.15) is 18.5 Å². The quantitative estimate of drug-likeness (QED) is 0.629. The van der Waals surface area contributed by atoms with Gasteiger partial charge in [0, 0.05) is 26.4 Å². The molecule has 2 rings (SSSR count). The maximum absolute atomic E-state index is 12.6. The van der Waals surface area contributed by atoms with Gasteiger partial charge in [-0.05, 0) is 32.0 Å². The van der Waals surface area contributed by atoms with Crippen molar-refractivity contribution in [1.82, 2.24) is 20.6 Å². The van der Waals surface area contributed by atoms with Crippen LogP contribution in [0.15, 0.2) is 12.3 Å². The summed E-state index contributed by atoms with van der Waals surface area (Å²) in [5.74, 6) is -0.236. The van der Waals surface area contributed by atoms with Crippen molar-refractivity contribution in [3.8, 4) is 0 Å². The molecule has 0 aliphatic carbocycles. The number of nitrogens with zero attached hydrogens (tertiary/aromatic N) is 2. The SMILES string of the molecule is COCC1(C(=O)NCCNc2nccc(C(F)(F)F)n2)CCNCC1. The minimum atomic E-state index is -4.52. The molecule has 0 atom stereocenters. The van der Waals surface area contributed by atoms with E-state index in [0.29, 0.717) is 19.4 Å². The molecule has 1 aromatic heterocycles. The van der Waals surface area contributed by atoms with Crippen LogP contribution < -0.4 is 16.0 Å². The van der Waals surface area contributed by atoms with Crippen molar-refractivity contribution in [3.63, 3.8) is 0 Å². The number of carbonyl (C=O) groups excluding carboxylic acids is 1. The number of rotatable bonds is 7. The van der Waals surface area contributed by atoms with Crippen molar-refractivity contribution in [3.05, 3.63) is 18.0 Å². The number of hydrogen-bond donors (Lipinski definition) is 3. The van der Waals surface area contributed by atoms with Gasteiger partial charge < -0.3 is 20.7 Å². The molecule has 140 valence electrons. The highest BCUT2D eigenvalue weighted by atomic mass is 19.4. The number of aromatic nitrogens is 2. The van der Waals surface area contributed by atoms with E-state index < -0.39 is 17.3 Å². The maximum atomic E-state index is 12.6. The summed E-state index contributed by atoms with van der Waals surface area (Å²) in [6.07, 6.45) is -2.12. The Balaban J connectivity index is 1.83. The molecule has 0 aromatic carbocycles. The lowest BCUT2D eigenvalue weighted by molar-refractivity contribution is -0.141. The minimum Gasteiger partial charge on any atom is -0.384 e. The third-order valence-electron chi connectivity index (χ3n) is 4.10. The van der Waals surface area contributed by atoms with Gasteiger partial charge in [0.05, 0.1) is 12.0 Å². The monoisotopic (exact) mass is 361 g/mol. The molecule has 1 aliphatic rings. The van der Waals surface area contributed by atoms with Crippen molar-refractivity contribution in [2.45, 2.75) is 19.0 Å². The number of hydrogen-bond acceptors (Lipinski definition) is 6. The molecule has 0 saturated carbocycles. The maximum Gasteiger partial charge on any atom is 0.433 e. The highest BCUT2D eigenvalue weighted by molar-refractivity contribution is 5.83. The molecule has 2 heterocycles. The normalized spacial score (nSPS) is 17.1. The first-order valence-electron chi connectivity index (χ1n) is 7.99. The van der Waals surface area contributed by atoms with E-state index in [9.17, 15) is 18.0 Å². The molecule has 3 N–H and O–H groups in total. The number of halogens is 3. The number of carbonyl (C=O) groups is 1. The summed E-state index contributed by atoms with van der Waals surface area (Å²) in [6.45, 7) is 2.29. The first-order valence-corrected chi connectivity index (χ1v) is 7.99. The van der Waals surface area contributed by atoms with Gasteiger partial charge in [0.15, 0.2) is 0 Å². The summed E-state index contributed by atoms with van der Waals surface area (Å²) in [5.41, 5.74) is -1.57. The molecular formula is C15H22F3N5O2. The van der Waals surface area contributed by atoms with E-state index in [1.807, 2.05) is 0 Å². The Bertz CT molecular complexity index is 571. The summed E-state index contributed by atoms with van der Waals surface area (Å²) in [6, 6.07) is 0.804. The molecular weight excluding hydrogens is 339 g/mol. The summed E-state index contributed by atoms with van der Waals surface area (Å²) < 4.78 is 43.0. The van der Waals surface area contributed by atoms with Crippen molar-refractivity contribution >= 4 is 11.9 Å². The molecule has 1 saturated heterocycles. The lowest BCUT2D eigenvalue weighted by atomic mass is 9.78. The molecule has 0 radical (unpaired) electrons. The zero-order valence-corrected chi connectivity index (χ0v) is 13.9. The average molecular weight is 361 g/mol. The van der Waals surface area contributed by atoms with Crippen LogP contribution in [-0.2, 0) is 15.7 Å². The highest BCUT2D eigenvalue weighted by Gasteiger charge is 2.39. The molecule has 0 spiro atoms. The number of methoxy groups -OCH3 is 1. The van der Waals surface area contributed by atoms with Gasteiger partial charge in [-0.1, -0.05) is 0 Å². The smallest absolute Gasteiger partial charge is 0.384 e. The van der Waals surface area contributed by atoms with Crippen LogP contribution in [0.5, 0.6) is 0 Å². The van der Waals surface area contributed by atoms with E-state index in [1.54, 1.807) is 7.11 Å². The second kappa shape index (κ2) is 8.43. The van der Waals surface area contributed by atoms with Crippen LogP contribution in [-0.4, -0.2) is 55.8 Å². The average Bonchev–Trinajstić information content (AvgIpc) is 2.59. The van der Waals surface area contributed by atoms with E-state index in [-0.39, 0.29) is 24.9 Å². The van der Waals surface area contributed by atoms with Crippen LogP contribution in [0.25, 0.3) is 0 Å². The first-order chi connectivity index (χ1) is 11.9. The first kappa shape index (κ1) is 19.4. The van der Waals surface area contributed by atoms with Crippen LogP contribution in [0.3, 0.4) is 0 Å². The Morgan fingerprint density at radius 3 is 2.72 bits per heavy atom. The predicted octanol–water partition coefficient (Wildman–Crippen LogP) is 1.04. The van der Waals surface area contributed by atoms with Crippen LogP contribution in [0.4, 0.5) is 19.1 Å². The number of ether oxygens (including phenoxy) is 1. The Hall–Kier alpha value is -1.94. The highest BCUT2D eigenvalue weighted by Crippen LogP contribution is 2.29. The minimum absolute atomic E-state index is 0.109. The zero-order valence-electron chi connectivity index (χ0n) is 13.9.